The van der Waals surface area contributed by atoms with Gasteiger partial charge in [-0.1, -0.05) is 18.2 Å². The highest BCUT2D eigenvalue weighted by Crippen LogP contribution is 2.26. The van der Waals surface area contributed by atoms with E-state index in [1.165, 1.54) is 30.4 Å². The maximum absolute atomic E-state index is 4.47. The Balaban J connectivity index is 1.82. The van der Waals surface area contributed by atoms with Crippen LogP contribution in [0.3, 0.4) is 0 Å². The van der Waals surface area contributed by atoms with Crippen molar-refractivity contribution in [1.29, 1.82) is 0 Å². The fraction of sp³-hybridized carbons (Fsp3) is 0.438. The summed E-state index contributed by atoms with van der Waals surface area (Å²) in [5, 5.41) is 7.89. The third kappa shape index (κ3) is 2.56. The molecule has 0 saturated carbocycles. The van der Waals surface area contributed by atoms with Crippen LogP contribution in [-0.2, 0) is 26.3 Å². The van der Waals surface area contributed by atoms with Gasteiger partial charge in [-0.25, -0.2) is 0 Å². The van der Waals surface area contributed by atoms with Crippen LogP contribution in [-0.4, -0.2) is 16.8 Å². The molecule has 0 aliphatic heterocycles. The van der Waals surface area contributed by atoms with Crippen LogP contribution in [0.5, 0.6) is 0 Å². The summed E-state index contributed by atoms with van der Waals surface area (Å²) in [6.07, 6.45) is 6.74. The molecule has 1 aliphatic rings. The molecule has 3 nitrogen and oxygen atoms in total. The van der Waals surface area contributed by atoms with Gasteiger partial charge in [-0.3, -0.25) is 4.68 Å². The van der Waals surface area contributed by atoms with Gasteiger partial charge in [0.05, 0.1) is 5.69 Å². The van der Waals surface area contributed by atoms with Crippen LogP contribution < -0.4 is 5.32 Å². The van der Waals surface area contributed by atoms with Gasteiger partial charge in [-0.2, -0.15) is 5.10 Å². The van der Waals surface area contributed by atoms with Gasteiger partial charge in [0.15, 0.2) is 0 Å². The molecule has 1 unspecified atom stereocenters. The van der Waals surface area contributed by atoms with E-state index in [1.54, 1.807) is 5.56 Å². The number of aryl methyl sites for hydroxylation is 3. The van der Waals surface area contributed by atoms with Crippen LogP contribution in [0.25, 0.3) is 0 Å². The average molecular weight is 255 g/mol. The lowest BCUT2D eigenvalue weighted by Crippen LogP contribution is -2.19. The van der Waals surface area contributed by atoms with Crippen molar-refractivity contribution in [2.45, 2.75) is 31.7 Å². The van der Waals surface area contributed by atoms with Crippen molar-refractivity contribution < 1.29 is 0 Å². The number of nitrogens with zero attached hydrogens (tertiary/aromatic N) is 2. The van der Waals surface area contributed by atoms with E-state index in [-0.39, 0.29) is 0 Å². The third-order valence-corrected chi connectivity index (χ3v) is 4.06. The minimum Gasteiger partial charge on any atom is -0.313 e. The molecule has 1 aromatic carbocycles. The second-order valence-corrected chi connectivity index (χ2v) is 5.41. The number of benzene rings is 1. The lowest BCUT2D eigenvalue weighted by molar-refractivity contribution is 0.577. The van der Waals surface area contributed by atoms with E-state index in [0.717, 1.165) is 12.1 Å². The first-order valence-electron chi connectivity index (χ1n) is 7.04. The predicted molar refractivity (Wildman–Crippen MR) is 77.2 cm³/mol. The zero-order valence-corrected chi connectivity index (χ0v) is 11.7. The average Bonchev–Trinajstić information content (AvgIpc) is 3.03. The van der Waals surface area contributed by atoms with Crippen LogP contribution >= 0.6 is 0 Å². The highest BCUT2D eigenvalue weighted by molar-refractivity contribution is 5.36. The highest BCUT2D eigenvalue weighted by Gasteiger charge is 2.16. The molecule has 1 heterocycles. The molecule has 1 aromatic heterocycles. The fourth-order valence-electron chi connectivity index (χ4n) is 2.98. The number of hydrogen-bond acceptors (Lipinski definition) is 2. The van der Waals surface area contributed by atoms with E-state index in [1.807, 2.05) is 25.0 Å². The molecule has 1 N–H and O–H groups in total. The van der Waals surface area contributed by atoms with Gasteiger partial charge in [0.2, 0.25) is 0 Å². The number of aromatic nitrogens is 2. The Bertz CT molecular complexity index is 571. The van der Waals surface area contributed by atoms with Crippen molar-refractivity contribution in [1.82, 2.24) is 15.1 Å². The Morgan fingerprint density at radius 2 is 2.11 bits per heavy atom. The van der Waals surface area contributed by atoms with Gasteiger partial charge in [-0.05, 0) is 49.1 Å². The normalized spacial score (nSPS) is 15.5. The number of likely N-dealkylation sites (N-methyl/N-ethyl adjacent to an activating group) is 1. The first-order valence-corrected chi connectivity index (χ1v) is 7.04. The van der Waals surface area contributed by atoms with Crippen molar-refractivity contribution in [3.05, 3.63) is 52.8 Å². The Labute approximate surface area is 114 Å². The number of fused-ring (bicyclic) bond motifs is 1. The Morgan fingerprint density at radius 3 is 2.84 bits per heavy atom. The summed E-state index contributed by atoms with van der Waals surface area (Å²) in [6.45, 7) is 0. The summed E-state index contributed by atoms with van der Waals surface area (Å²) < 4.78 is 1.87. The molecular weight excluding hydrogens is 234 g/mol. The summed E-state index contributed by atoms with van der Waals surface area (Å²) in [6, 6.07) is 9.40. The monoisotopic (exact) mass is 255 g/mol. The van der Waals surface area contributed by atoms with E-state index in [2.05, 4.69) is 34.7 Å². The molecule has 100 valence electrons. The summed E-state index contributed by atoms with van der Waals surface area (Å²) in [5.41, 5.74) is 5.60. The summed E-state index contributed by atoms with van der Waals surface area (Å²) in [5.74, 6) is 0. The number of nitrogens with one attached hydrogen (secondary N) is 1. The molecule has 3 rings (SSSR count). The van der Waals surface area contributed by atoms with Crippen molar-refractivity contribution in [2.24, 2.45) is 7.05 Å². The molecule has 0 fully saturated rings. The van der Waals surface area contributed by atoms with Gasteiger partial charge in [0.1, 0.15) is 0 Å². The van der Waals surface area contributed by atoms with Crippen LogP contribution in [0.1, 0.15) is 34.8 Å². The second kappa shape index (κ2) is 5.17. The summed E-state index contributed by atoms with van der Waals surface area (Å²) in [7, 11) is 3.99. The quantitative estimate of drug-likeness (QED) is 0.909. The molecule has 1 aliphatic carbocycles. The van der Waals surface area contributed by atoms with Gasteiger partial charge >= 0.3 is 0 Å². The van der Waals surface area contributed by atoms with Crippen molar-refractivity contribution >= 4 is 0 Å². The van der Waals surface area contributed by atoms with E-state index in [4.69, 9.17) is 0 Å². The zero-order chi connectivity index (χ0) is 13.2. The van der Waals surface area contributed by atoms with Gasteiger partial charge in [0.25, 0.3) is 0 Å². The minimum atomic E-state index is 0.348. The molecule has 0 amide bonds. The molecular formula is C16H21N3. The van der Waals surface area contributed by atoms with Crippen LogP contribution in [0.4, 0.5) is 0 Å². The van der Waals surface area contributed by atoms with E-state index in [0.29, 0.717) is 6.04 Å². The van der Waals surface area contributed by atoms with Crippen LogP contribution in [0.2, 0.25) is 0 Å². The predicted octanol–water partition coefficient (Wildman–Crippen LogP) is 2.41. The lowest BCUT2D eigenvalue weighted by Gasteiger charge is -2.16. The number of hydrogen-bond donors (Lipinski definition) is 1. The van der Waals surface area contributed by atoms with E-state index >= 15 is 0 Å². The molecule has 19 heavy (non-hydrogen) atoms. The molecule has 0 saturated heterocycles. The second-order valence-electron chi connectivity index (χ2n) is 5.41. The largest absolute Gasteiger partial charge is 0.313 e. The van der Waals surface area contributed by atoms with Gasteiger partial charge < -0.3 is 5.32 Å². The topological polar surface area (TPSA) is 29.9 Å². The molecule has 1 atom stereocenters. The lowest BCUT2D eigenvalue weighted by atomic mass is 9.98. The number of rotatable bonds is 4. The Hall–Kier alpha value is -1.61. The van der Waals surface area contributed by atoms with Crippen molar-refractivity contribution in [2.75, 3.05) is 7.05 Å². The summed E-state index contributed by atoms with van der Waals surface area (Å²) in [4.78, 5) is 0. The molecule has 0 bridgehead atoms. The SMILES string of the molecule is CNC(Cc1ccn(C)n1)c1ccc2c(c1)CCC2. The fourth-order valence-corrected chi connectivity index (χ4v) is 2.98. The van der Waals surface area contributed by atoms with Gasteiger partial charge in [-0.15, -0.1) is 0 Å². The maximum Gasteiger partial charge on any atom is 0.0643 e. The van der Waals surface area contributed by atoms with Crippen molar-refractivity contribution in [3.8, 4) is 0 Å². The van der Waals surface area contributed by atoms with Crippen molar-refractivity contribution in [3.63, 3.8) is 0 Å². The molecule has 2 aromatic rings. The smallest absolute Gasteiger partial charge is 0.0643 e. The van der Waals surface area contributed by atoms with Crippen LogP contribution in [0.15, 0.2) is 30.5 Å². The first-order chi connectivity index (χ1) is 9.26. The maximum atomic E-state index is 4.47. The Morgan fingerprint density at radius 1 is 1.26 bits per heavy atom. The van der Waals surface area contributed by atoms with Gasteiger partial charge in [0, 0.05) is 25.7 Å². The summed E-state index contributed by atoms with van der Waals surface area (Å²) >= 11 is 0. The zero-order valence-electron chi connectivity index (χ0n) is 11.7. The first kappa shape index (κ1) is 12.4. The van der Waals surface area contributed by atoms with E-state index in [9.17, 15) is 0 Å². The van der Waals surface area contributed by atoms with E-state index < -0.39 is 0 Å². The third-order valence-electron chi connectivity index (χ3n) is 4.06. The van der Waals surface area contributed by atoms with Crippen LogP contribution in [0, 0.1) is 0 Å². The minimum absolute atomic E-state index is 0.348. The molecule has 0 radical (unpaired) electrons. The molecule has 0 spiro atoms. The standard InChI is InChI=1S/C16H21N3/c1-17-16(11-15-8-9-19(2)18-15)14-7-6-12-4-3-5-13(12)10-14/h6-10,16-17H,3-5,11H2,1-2H3. The highest BCUT2D eigenvalue weighted by atomic mass is 15.2. The Kier molecular flexibility index (Phi) is 3.38. The molecule has 3 heteroatoms.